The van der Waals surface area contributed by atoms with E-state index < -0.39 is 16.1 Å². The van der Waals surface area contributed by atoms with E-state index in [-0.39, 0.29) is 24.3 Å². The van der Waals surface area contributed by atoms with Gasteiger partial charge < -0.3 is 1.43 Å². The van der Waals surface area contributed by atoms with Gasteiger partial charge in [-0.2, -0.15) is 0 Å². The first-order valence-electron chi connectivity index (χ1n) is 7.34. The Hall–Kier alpha value is 0.264. The zero-order valence-corrected chi connectivity index (χ0v) is 17.1. The Morgan fingerprint density at radius 3 is 1.47 bits per heavy atom. The van der Waals surface area contributed by atoms with Gasteiger partial charge in [-0.3, -0.25) is 0 Å². The van der Waals surface area contributed by atoms with Crippen molar-refractivity contribution in [1.82, 2.24) is 0 Å². The summed E-state index contributed by atoms with van der Waals surface area (Å²) in [6.45, 7) is 15.0. The predicted octanol–water partition coefficient (Wildman–Crippen LogP) is 5.36. The molecule has 0 spiro atoms. The second kappa shape index (κ2) is 5.57. The first-order chi connectivity index (χ1) is 8.69. The summed E-state index contributed by atoms with van der Waals surface area (Å²) >= 11 is -0.364. The van der Waals surface area contributed by atoms with Crippen LogP contribution in [0.2, 0.25) is 39.3 Å². The molecule has 0 amide bonds. The van der Waals surface area contributed by atoms with Crippen LogP contribution < -0.4 is 0 Å². The molecule has 0 aromatic heterocycles. The zero-order chi connectivity index (χ0) is 14.3. The van der Waals surface area contributed by atoms with Gasteiger partial charge in [0.25, 0.3) is 0 Å². The van der Waals surface area contributed by atoms with E-state index in [1.807, 2.05) is 6.66 Å². The maximum atomic E-state index is 2.50. The molecule has 19 heavy (non-hydrogen) atoms. The van der Waals surface area contributed by atoms with Gasteiger partial charge in [0.15, 0.2) is 0 Å². The van der Waals surface area contributed by atoms with Gasteiger partial charge in [0, 0.05) is 0 Å². The molecule has 0 heterocycles. The molecule has 0 radical (unpaired) electrons. The fraction of sp³-hybridized carbons (Fsp3) is 0.500. The van der Waals surface area contributed by atoms with Gasteiger partial charge in [0.2, 0.25) is 0 Å². The standard InChI is InChI=1S/2C8H13Si.Sc.H/c2*1-9(2,3)8-6-4-5-7-8;;/h2*4,6H,5H2,1-3H3;;/q;;+1;-1. The summed E-state index contributed by atoms with van der Waals surface area (Å²) in [7, 11) is -2.25. The summed E-state index contributed by atoms with van der Waals surface area (Å²) in [4.78, 5) is 0. The second-order valence-corrected chi connectivity index (χ2v) is 20.4. The first kappa shape index (κ1) is 15.6. The van der Waals surface area contributed by atoms with E-state index in [4.69, 9.17) is 0 Å². The van der Waals surface area contributed by atoms with Gasteiger partial charge in [-0.05, 0) is 0 Å². The molecule has 0 saturated carbocycles. The van der Waals surface area contributed by atoms with Gasteiger partial charge in [-0.15, -0.1) is 0 Å². The van der Waals surface area contributed by atoms with Crippen LogP contribution in [0.4, 0.5) is 0 Å². The van der Waals surface area contributed by atoms with E-state index in [2.05, 4.69) is 63.6 Å². The molecule has 2 rings (SSSR count). The maximum Gasteiger partial charge on any atom is -1.00 e. The van der Waals surface area contributed by atoms with Crippen LogP contribution in [0.25, 0.3) is 0 Å². The van der Waals surface area contributed by atoms with E-state index in [0.717, 1.165) is 0 Å². The van der Waals surface area contributed by atoms with Crippen LogP contribution in [-0.4, -0.2) is 16.1 Å². The fourth-order valence-corrected chi connectivity index (χ4v) is 13.2. The molecular weight excluding hydrogens is 293 g/mol. The Morgan fingerprint density at radius 2 is 1.16 bits per heavy atom. The average molecular weight is 321 g/mol. The molecule has 2 aliphatic carbocycles. The van der Waals surface area contributed by atoms with Crippen molar-refractivity contribution in [3.8, 4) is 0 Å². The van der Waals surface area contributed by atoms with E-state index in [1.165, 1.54) is 12.8 Å². The molecule has 0 saturated heterocycles. The fourth-order valence-electron chi connectivity index (χ4n) is 2.99. The number of rotatable bonds is 4. The van der Waals surface area contributed by atoms with Crippen LogP contribution in [0.15, 0.2) is 41.4 Å². The number of hydrogen-bond donors (Lipinski definition) is 0. The van der Waals surface area contributed by atoms with Crippen LogP contribution in [-0.2, 0) is 22.9 Å². The largest absolute Gasteiger partial charge is 1.00 e. The molecule has 0 bridgehead atoms. The van der Waals surface area contributed by atoms with Crippen LogP contribution in [0, 0.1) is 0 Å². The van der Waals surface area contributed by atoms with Crippen LogP contribution in [0.5, 0.6) is 0 Å². The van der Waals surface area contributed by atoms with Crippen molar-refractivity contribution >= 4 is 16.1 Å². The summed E-state index contributed by atoms with van der Waals surface area (Å²) in [5, 5.41) is 3.56. The predicted molar refractivity (Wildman–Crippen MR) is 89.4 cm³/mol. The minimum atomic E-state index is -1.13. The van der Waals surface area contributed by atoms with Crippen LogP contribution in [0.1, 0.15) is 14.3 Å². The molecule has 102 valence electrons. The van der Waals surface area contributed by atoms with Crippen molar-refractivity contribution in [2.24, 2.45) is 0 Å². The van der Waals surface area contributed by atoms with Crippen molar-refractivity contribution in [3.63, 3.8) is 0 Å². The van der Waals surface area contributed by atoms with Gasteiger partial charge in [-0.25, -0.2) is 0 Å². The van der Waals surface area contributed by atoms with Crippen LogP contribution in [0.3, 0.4) is 0 Å². The summed E-state index contributed by atoms with van der Waals surface area (Å²) < 4.78 is 3.75. The number of hydrogen-bond acceptors (Lipinski definition) is 0. The normalized spacial score (nSPS) is 19.7. The summed E-state index contributed by atoms with van der Waals surface area (Å²) in [6, 6.07) is 0. The summed E-state index contributed by atoms with van der Waals surface area (Å²) in [5.41, 5.74) is 0. The molecule has 0 fully saturated rings. The van der Waals surface area contributed by atoms with Crippen molar-refractivity contribution in [3.05, 3.63) is 41.4 Å². The second-order valence-electron chi connectivity index (χ2n) is 7.74. The zero-order valence-electron chi connectivity index (χ0n) is 14.3. The third kappa shape index (κ3) is 3.67. The monoisotopic (exact) mass is 320 g/mol. The Labute approximate surface area is 133 Å². The van der Waals surface area contributed by atoms with Gasteiger partial charge >= 0.3 is 133 Å². The quantitative estimate of drug-likeness (QED) is 0.611. The SMILES string of the molecule is C[Si](C)(C)C1=[C]([Sc+][C]2=C([Si](C)(C)C)C=CC2)CC=C1.[H-]. The number of allylic oxidation sites excluding steroid dienone is 8. The van der Waals surface area contributed by atoms with Crippen molar-refractivity contribution in [2.45, 2.75) is 52.1 Å². The molecule has 0 N–H and O–H groups in total. The van der Waals surface area contributed by atoms with E-state index in [9.17, 15) is 0 Å². The third-order valence-electron chi connectivity index (χ3n) is 3.90. The van der Waals surface area contributed by atoms with Crippen molar-refractivity contribution < 1.29 is 24.3 Å². The Kier molecular flexibility index (Phi) is 4.59. The molecular formula is C16H27ScSi2. The molecule has 0 nitrogen and oxygen atoms in total. The van der Waals surface area contributed by atoms with E-state index in [0.29, 0.717) is 0 Å². The average Bonchev–Trinajstić information content (AvgIpc) is 2.83. The molecule has 0 atom stereocenters. The summed E-state index contributed by atoms with van der Waals surface area (Å²) in [5.74, 6) is 0. The van der Waals surface area contributed by atoms with Gasteiger partial charge in [0.05, 0.1) is 0 Å². The minimum absolute atomic E-state index is 0. The molecule has 3 heteroatoms. The Morgan fingerprint density at radius 1 is 0.789 bits per heavy atom. The van der Waals surface area contributed by atoms with Crippen LogP contribution >= 0.6 is 0 Å². The molecule has 0 aliphatic heterocycles. The Bertz CT molecular complexity index is 454. The molecule has 0 unspecified atom stereocenters. The first-order valence-corrected chi connectivity index (χ1v) is 16.1. The maximum absolute atomic E-state index is 2.50. The van der Waals surface area contributed by atoms with E-state index >= 15 is 0 Å². The summed E-state index contributed by atoms with van der Waals surface area (Å²) in [6.07, 6.45) is 12.3. The molecule has 0 aromatic rings. The minimum Gasteiger partial charge on any atom is -1.00 e. The van der Waals surface area contributed by atoms with Gasteiger partial charge in [-0.1, -0.05) is 0 Å². The van der Waals surface area contributed by atoms with Gasteiger partial charge in [0.1, 0.15) is 0 Å². The smallest absolute Gasteiger partial charge is 1.00 e. The Balaban J connectivity index is 0.00000200. The van der Waals surface area contributed by atoms with E-state index in [1.54, 1.807) is 10.4 Å². The molecule has 2 aliphatic rings. The van der Waals surface area contributed by atoms with Crippen molar-refractivity contribution in [1.29, 1.82) is 0 Å². The van der Waals surface area contributed by atoms with Crippen molar-refractivity contribution in [2.75, 3.05) is 0 Å². The third-order valence-corrected chi connectivity index (χ3v) is 11.8. The topological polar surface area (TPSA) is 0 Å². The molecule has 0 aromatic carbocycles.